The van der Waals surface area contributed by atoms with Crippen LogP contribution in [0.3, 0.4) is 0 Å². The van der Waals surface area contributed by atoms with Crippen molar-refractivity contribution in [3.8, 4) is 17.2 Å². The zero-order valence-electron chi connectivity index (χ0n) is 15.7. The maximum atomic E-state index is 5.83. The Bertz CT molecular complexity index is 964. The van der Waals surface area contributed by atoms with E-state index in [0.717, 1.165) is 28.5 Å². The number of hydrogen-bond acceptors (Lipinski definition) is 8. The lowest BCUT2D eigenvalue weighted by Gasteiger charge is -2.15. The van der Waals surface area contributed by atoms with Gasteiger partial charge < -0.3 is 24.8 Å². The smallest absolute Gasteiger partial charge is 0.244 e. The molecule has 8 heteroatoms. The Morgan fingerprint density at radius 2 is 1.96 bits per heavy atom. The first-order valence-electron chi connectivity index (χ1n) is 9.02. The molecule has 2 N–H and O–H groups in total. The number of hydrogen-bond donors (Lipinski definition) is 2. The van der Waals surface area contributed by atoms with Crippen molar-refractivity contribution in [3.05, 3.63) is 54.2 Å². The molecule has 0 atom stereocenters. The van der Waals surface area contributed by atoms with Gasteiger partial charge in [0, 0.05) is 6.54 Å². The zero-order chi connectivity index (χ0) is 19.3. The minimum Gasteiger partial charge on any atom is -0.489 e. The van der Waals surface area contributed by atoms with Crippen molar-refractivity contribution in [2.45, 2.75) is 26.5 Å². The van der Waals surface area contributed by atoms with Crippen molar-refractivity contribution < 1.29 is 14.2 Å². The van der Waals surface area contributed by atoms with Crippen molar-refractivity contribution in [3.63, 3.8) is 0 Å². The van der Waals surface area contributed by atoms with E-state index in [9.17, 15) is 0 Å². The predicted molar refractivity (Wildman–Crippen MR) is 105 cm³/mol. The van der Waals surface area contributed by atoms with Gasteiger partial charge in [-0.3, -0.25) is 0 Å². The summed E-state index contributed by atoms with van der Waals surface area (Å²) in [5, 5.41) is 14.5. The first-order valence-corrected chi connectivity index (χ1v) is 9.02. The van der Waals surface area contributed by atoms with Crippen molar-refractivity contribution in [2.75, 3.05) is 17.4 Å². The van der Waals surface area contributed by atoms with Crippen molar-refractivity contribution in [1.82, 2.24) is 15.2 Å². The van der Waals surface area contributed by atoms with Gasteiger partial charge in [-0.1, -0.05) is 18.2 Å². The van der Waals surface area contributed by atoms with Crippen LogP contribution in [0.2, 0.25) is 0 Å². The van der Waals surface area contributed by atoms with Crippen LogP contribution < -0.4 is 24.8 Å². The van der Waals surface area contributed by atoms with Crippen LogP contribution >= 0.6 is 0 Å². The summed E-state index contributed by atoms with van der Waals surface area (Å²) in [4.78, 5) is 4.47. The minimum absolute atomic E-state index is 0.0744. The van der Waals surface area contributed by atoms with Gasteiger partial charge in [-0.05, 0) is 43.7 Å². The number of fused-ring (bicyclic) bond motifs is 1. The van der Waals surface area contributed by atoms with Crippen molar-refractivity contribution in [2.24, 2.45) is 0 Å². The van der Waals surface area contributed by atoms with Gasteiger partial charge in [-0.15, -0.1) is 5.10 Å². The number of anilines is 3. The molecule has 0 saturated carbocycles. The van der Waals surface area contributed by atoms with Gasteiger partial charge in [0.2, 0.25) is 12.7 Å². The average molecular weight is 379 g/mol. The molecule has 0 radical (unpaired) electrons. The molecule has 28 heavy (non-hydrogen) atoms. The maximum Gasteiger partial charge on any atom is 0.244 e. The molecule has 3 aromatic rings. The van der Waals surface area contributed by atoms with Crippen LogP contribution in [0.15, 0.2) is 48.7 Å². The Labute approximate surface area is 162 Å². The first-order chi connectivity index (χ1) is 13.7. The van der Waals surface area contributed by atoms with E-state index < -0.39 is 0 Å². The van der Waals surface area contributed by atoms with Crippen molar-refractivity contribution >= 4 is 17.5 Å². The number of nitrogens with zero attached hydrogens (tertiary/aromatic N) is 3. The topological polar surface area (TPSA) is 90.4 Å². The maximum absolute atomic E-state index is 5.83. The zero-order valence-corrected chi connectivity index (χ0v) is 15.7. The number of nitrogens with one attached hydrogen (secondary N) is 2. The lowest BCUT2D eigenvalue weighted by molar-refractivity contribution is 0.174. The van der Waals surface area contributed by atoms with Crippen LogP contribution in [0.5, 0.6) is 17.2 Å². The Morgan fingerprint density at radius 3 is 2.86 bits per heavy atom. The average Bonchev–Trinajstić information content (AvgIpc) is 3.16. The summed E-state index contributed by atoms with van der Waals surface area (Å²) < 4.78 is 16.6. The third-order valence-electron chi connectivity index (χ3n) is 3.96. The highest BCUT2D eigenvalue weighted by atomic mass is 16.7. The van der Waals surface area contributed by atoms with Gasteiger partial charge in [0.25, 0.3) is 0 Å². The Morgan fingerprint density at radius 1 is 1.11 bits per heavy atom. The highest BCUT2D eigenvalue weighted by Gasteiger charge is 2.13. The number of para-hydroxylation sites is 2. The Balaban J connectivity index is 1.43. The quantitative estimate of drug-likeness (QED) is 0.642. The molecule has 0 unspecified atom stereocenters. The van der Waals surface area contributed by atoms with Crippen LogP contribution in [0, 0.1) is 0 Å². The second-order valence-electron chi connectivity index (χ2n) is 6.49. The molecule has 4 rings (SSSR count). The van der Waals surface area contributed by atoms with Crippen LogP contribution in [-0.4, -0.2) is 28.1 Å². The van der Waals surface area contributed by atoms with E-state index >= 15 is 0 Å². The number of benzene rings is 2. The lowest BCUT2D eigenvalue weighted by atomic mass is 10.2. The van der Waals surface area contributed by atoms with Gasteiger partial charge in [-0.25, -0.2) is 0 Å². The lowest BCUT2D eigenvalue weighted by Crippen LogP contribution is -2.09. The third-order valence-corrected chi connectivity index (χ3v) is 3.96. The summed E-state index contributed by atoms with van der Waals surface area (Å²) in [5.41, 5.74) is 1.85. The molecule has 2 aromatic carbocycles. The second-order valence-corrected chi connectivity index (χ2v) is 6.49. The minimum atomic E-state index is 0.0744. The van der Waals surface area contributed by atoms with E-state index in [1.807, 2.05) is 56.3 Å². The molecule has 0 fully saturated rings. The van der Waals surface area contributed by atoms with E-state index in [4.69, 9.17) is 14.2 Å². The molecule has 0 saturated heterocycles. The summed E-state index contributed by atoms with van der Waals surface area (Å²) in [6.45, 7) is 4.77. The molecule has 1 aromatic heterocycles. The number of rotatable bonds is 7. The molecular formula is C20H21N5O3. The predicted octanol–water partition coefficient (Wildman–Crippen LogP) is 3.74. The second kappa shape index (κ2) is 7.99. The highest BCUT2D eigenvalue weighted by Crippen LogP contribution is 2.32. The number of ether oxygens (including phenoxy) is 3. The van der Waals surface area contributed by atoms with Crippen LogP contribution in [0.4, 0.5) is 17.5 Å². The SMILES string of the molecule is CC(C)Oc1ccccc1Nc1cnnc(NCc2ccc3c(c2)OCO3)n1. The molecule has 8 nitrogen and oxygen atoms in total. The molecule has 144 valence electrons. The normalized spacial score (nSPS) is 12.1. The van der Waals surface area contributed by atoms with Crippen LogP contribution in [0.25, 0.3) is 0 Å². The standard InChI is InChI=1S/C20H21N5O3/c1-13(2)28-16-6-4-3-5-15(16)23-19-11-22-25-20(24-19)21-10-14-7-8-17-18(9-14)27-12-26-17/h3-9,11,13H,10,12H2,1-2H3,(H2,21,23,24,25). The highest BCUT2D eigenvalue weighted by molar-refractivity contribution is 5.64. The fourth-order valence-electron chi connectivity index (χ4n) is 2.74. The number of aromatic nitrogens is 3. The van der Waals surface area contributed by atoms with E-state index in [1.54, 1.807) is 6.20 Å². The van der Waals surface area contributed by atoms with Gasteiger partial charge in [-0.2, -0.15) is 10.1 Å². The molecule has 1 aliphatic rings. The molecule has 0 bridgehead atoms. The molecular weight excluding hydrogens is 358 g/mol. The van der Waals surface area contributed by atoms with Gasteiger partial charge >= 0.3 is 0 Å². The molecule has 1 aliphatic heterocycles. The van der Waals surface area contributed by atoms with E-state index in [0.29, 0.717) is 18.3 Å². The summed E-state index contributed by atoms with van der Waals surface area (Å²) in [6, 6.07) is 13.5. The summed E-state index contributed by atoms with van der Waals surface area (Å²) in [7, 11) is 0. The largest absolute Gasteiger partial charge is 0.489 e. The Kier molecular flexibility index (Phi) is 5.09. The van der Waals surface area contributed by atoms with E-state index in [1.165, 1.54) is 0 Å². The molecule has 0 aliphatic carbocycles. The van der Waals surface area contributed by atoms with Crippen molar-refractivity contribution in [1.29, 1.82) is 0 Å². The van der Waals surface area contributed by atoms with Gasteiger partial charge in [0.1, 0.15) is 5.75 Å². The fraction of sp³-hybridized carbons (Fsp3) is 0.250. The summed E-state index contributed by atoms with van der Waals surface area (Å²) in [6.07, 6.45) is 1.64. The summed E-state index contributed by atoms with van der Waals surface area (Å²) in [5.74, 6) is 3.25. The molecule has 2 heterocycles. The monoisotopic (exact) mass is 379 g/mol. The van der Waals surface area contributed by atoms with Gasteiger partial charge in [0.15, 0.2) is 17.3 Å². The summed E-state index contributed by atoms with van der Waals surface area (Å²) >= 11 is 0. The van der Waals surface area contributed by atoms with E-state index in [2.05, 4.69) is 25.8 Å². The molecule has 0 spiro atoms. The third kappa shape index (κ3) is 4.22. The molecule has 0 amide bonds. The van der Waals surface area contributed by atoms with Crippen LogP contribution in [0.1, 0.15) is 19.4 Å². The van der Waals surface area contributed by atoms with E-state index in [-0.39, 0.29) is 12.9 Å². The fourth-order valence-corrected chi connectivity index (χ4v) is 2.74. The van der Waals surface area contributed by atoms with Gasteiger partial charge in [0.05, 0.1) is 18.0 Å². The first kappa shape index (κ1) is 17.8. The van der Waals surface area contributed by atoms with Crippen LogP contribution in [-0.2, 0) is 6.54 Å². The Hall–Kier alpha value is -3.55.